The second-order valence-corrected chi connectivity index (χ2v) is 11.2. The second kappa shape index (κ2) is 11.5. The standard InChI is InChI=1S/C27H41N5O5/c1-16(29-23(33)17(2)31(6)26(36)37-27(3,4)5)25(35)32-15-19(28)14-22(32)24(34)30-21-13-9-11-18-10-7-8-12-20(18)21/h7-8,10,12,16-17,19,21-22H,9,11,13-15,28H2,1-6H3,(H,29,33)(H,30,34)/t16-,17-,19-,21+,22-/m1/s1. The maximum absolute atomic E-state index is 13.3. The molecule has 204 valence electrons. The fraction of sp³-hybridized carbons (Fsp3) is 0.630. The Morgan fingerprint density at radius 1 is 1.16 bits per heavy atom. The Labute approximate surface area is 219 Å². The number of likely N-dealkylation sites (tertiary alicyclic amines) is 1. The average molecular weight is 516 g/mol. The van der Waals surface area contributed by atoms with Crippen LogP contribution in [0.15, 0.2) is 24.3 Å². The highest BCUT2D eigenvalue weighted by molar-refractivity contribution is 5.94. The fourth-order valence-corrected chi connectivity index (χ4v) is 4.84. The first kappa shape index (κ1) is 28.4. The third-order valence-corrected chi connectivity index (χ3v) is 6.98. The molecule has 1 heterocycles. The Balaban J connectivity index is 1.62. The molecule has 37 heavy (non-hydrogen) atoms. The molecule has 5 atom stereocenters. The summed E-state index contributed by atoms with van der Waals surface area (Å²) < 4.78 is 5.31. The van der Waals surface area contributed by atoms with Gasteiger partial charge in [0.05, 0.1) is 6.04 Å². The molecule has 0 bridgehead atoms. The Morgan fingerprint density at radius 2 is 1.84 bits per heavy atom. The topological polar surface area (TPSA) is 134 Å². The van der Waals surface area contributed by atoms with Crippen LogP contribution in [0.1, 0.15) is 71.0 Å². The van der Waals surface area contributed by atoms with E-state index in [1.807, 2.05) is 18.2 Å². The number of nitrogens with zero attached hydrogens (tertiary/aromatic N) is 2. The van der Waals surface area contributed by atoms with Gasteiger partial charge in [-0.3, -0.25) is 19.3 Å². The van der Waals surface area contributed by atoms with E-state index in [-0.39, 0.29) is 24.5 Å². The van der Waals surface area contributed by atoms with Crippen molar-refractivity contribution in [3.8, 4) is 0 Å². The lowest BCUT2D eigenvalue weighted by Gasteiger charge is -2.31. The quantitative estimate of drug-likeness (QED) is 0.530. The Hall–Kier alpha value is -3.14. The van der Waals surface area contributed by atoms with Crippen LogP contribution in [0.5, 0.6) is 0 Å². The predicted molar refractivity (Wildman–Crippen MR) is 139 cm³/mol. The number of nitrogens with one attached hydrogen (secondary N) is 2. The molecule has 0 unspecified atom stereocenters. The zero-order valence-corrected chi connectivity index (χ0v) is 22.7. The first-order valence-electron chi connectivity index (χ1n) is 13.0. The molecule has 0 radical (unpaired) electrons. The maximum atomic E-state index is 13.3. The second-order valence-electron chi connectivity index (χ2n) is 11.2. The van der Waals surface area contributed by atoms with Crippen molar-refractivity contribution in [3.05, 3.63) is 35.4 Å². The summed E-state index contributed by atoms with van der Waals surface area (Å²) in [7, 11) is 1.47. The number of ether oxygens (including phenoxy) is 1. The zero-order valence-electron chi connectivity index (χ0n) is 22.7. The smallest absolute Gasteiger partial charge is 0.410 e. The molecule has 4 amide bonds. The molecule has 1 aromatic rings. The molecule has 10 heteroatoms. The number of rotatable bonds is 6. The molecule has 1 fully saturated rings. The Bertz CT molecular complexity index is 1020. The number of carbonyl (C=O) groups is 4. The van der Waals surface area contributed by atoms with Crippen molar-refractivity contribution in [1.82, 2.24) is 20.4 Å². The highest BCUT2D eigenvalue weighted by atomic mass is 16.6. The lowest BCUT2D eigenvalue weighted by molar-refractivity contribution is -0.141. The molecule has 1 aromatic carbocycles. The lowest BCUT2D eigenvalue weighted by atomic mass is 9.87. The number of amides is 4. The van der Waals surface area contributed by atoms with E-state index < -0.39 is 41.6 Å². The summed E-state index contributed by atoms with van der Waals surface area (Å²) in [5.41, 5.74) is 7.80. The van der Waals surface area contributed by atoms with Crippen molar-refractivity contribution in [1.29, 1.82) is 0 Å². The average Bonchev–Trinajstić information content (AvgIpc) is 3.23. The van der Waals surface area contributed by atoms with E-state index in [1.54, 1.807) is 34.6 Å². The number of benzene rings is 1. The van der Waals surface area contributed by atoms with Crippen molar-refractivity contribution < 1.29 is 23.9 Å². The predicted octanol–water partition coefficient (Wildman–Crippen LogP) is 1.87. The van der Waals surface area contributed by atoms with Gasteiger partial charge in [-0.25, -0.2) is 4.79 Å². The molecule has 0 spiro atoms. The van der Waals surface area contributed by atoms with Crippen molar-refractivity contribution in [2.75, 3.05) is 13.6 Å². The van der Waals surface area contributed by atoms with Crippen LogP contribution in [0.2, 0.25) is 0 Å². The van der Waals surface area contributed by atoms with Crippen LogP contribution in [-0.2, 0) is 25.5 Å². The fourth-order valence-electron chi connectivity index (χ4n) is 4.84. The summed E-state index contributed by atoms with van der Waals surface area (Å²) in [5.74, 6) is -1.13. The maximum Gasteiger partial charge on any atom is 0.410 e. The van der Waals surface area contributed by atoms with E-state index in [0.29, 0.717) is 6.42 Å². The Kier molecular flexibility index (Phi) is 8.84. The Morgan fingerprint density at radius 3 is 2.51 bits per heavy atom. The van der Waals surface area contributed by atoms with Crippen LogP contribution in [0.3, 0.4) is 0 Å². The molecule has 1 aliphatic heterocycles. The molecule has 3 rings (SSSR count). The van der Waals surface area contributed by atoms with E-state index in [2.05, 4.69) is 16.7 Å². The third kappa shape index (κ3) is 7.00. The highest BCUT2D eigenvalue weighted by Gasteiger charge is 2.41. The van der Waals surface area contributed by atoms with Crippen LogP contribution in [-0.4, -0.2) is 77.0 Å². The van der Waals surface area contributed by atoms with Crippen LogP contribution in [0.25, 0.3) is 0 Å². The van der Waals surface area contributed by atoms with Crippen molar-refractivity contribution in [3.63, 3.8) is 0 Å². The minimum Gasteiger partial charge on any atom is -0.444 e. The zero-order chi connectivity index (χ0) is 27.5. The van der Waals surface area contributed by atoms with E-state index in [0.717, 1.165) is 24.8 Å². The summed E-state index contributed by atoms with van der Waals surface area (Å²) in [5, 5.41) is 5.80. The van der Waals surface area contributed by atoms with Crippen LogP contribution in [0, 0.1) is 0 Å². The number of hydrogen-bond donors (Lipinski definition) is 3. The summed E-state index contributed by atoms with van der Waals surface area (Å²) in [6.07, 6.45) is 2.52. The summed E-state index contributed by atoms with van der Waals surface area (Å²) >= 11 is 0. The molecule has 2 aliphatic rings. The van der Waals surface area contributed by atoms with Gasteiger partial charge in [0.25, 0.3) is 0 Å². The molecule has 4 N–H and O–H groups in total. The summed E-state index contributed by atoms with van der Waals surface area (Å²) in [6, 6.07) is 5.17. The van der Waals surface area contributed by atoms with Gasteiger partial charge in [0, 0.05) is 19.6 Å². The number of carbonyl (C=O) groups excluding carboxylic acids is 4. The van der Waals surface area contributed by atoms with E-state index in [4.69, 9.17) is 10.5 Å². The van der Waals surface area contributed by atoms with Crippen LogP contribution >= 0.6 is 0 Å². The highest BCUT2D eigenvalue weighted by Crippen LogP contribution is 2.30. The summed E-state index contributed by atoms with van der Waals surface area (Å²) in [6.45, 7) is 8.57. The number of aryl methyl sites for hydroxylation is 1. The van der Waals surface area contributed by atoms with E-state index in [1.165, 1.54) is 22.4 Å². The van der Waals surface area contributed by atoms with E-state index >= 15 is 0 Å². The van der Waals surface area contributed by atoms with Gasteiger partial charge in [-0.05, 0) is 71.4 Å². The van der Waals surface area contributed by atoms with Crippen LogP contribution < -0.4 is 16.4 Å². The molecular formula is C27H41N5O5. The van der Waals surface area contributed by atoms with Gasteiger partial charge in [0.2, 0.25) is 17.7 Å². The molecule has 10 nitrogen and oxygen atoms in total. The number of fused-ring (bicyclic) bond motifs is 1. The molecule has 0 saturated carbocycles. The van der Waals surface area contributed by atoms with Gasteiger partial charge in [-0.1, -0.05) is 24.3 Å². The summed E-state index contributed by atoms with van der Waals surface area (Å²) in [4.78, 5) is 54.4. The van der Waals surface area contributed by atoms with Gasteiger partial charge in [0.15, 0.2) is 0 Å². The van der Waals surface area contributed by atoms with E-state index in [9.17, 15) is 19.2 Å². The minimum absolute atomic E-state index is 0.104. The van der Waals surface area contributed by atoms with Gasteiger partial charge < -0.3 is 26.0 Å². The first-order chi connectivity index (χ1) is 17.3. The van der Waals surface area contributed by atoms with Gasteiger partial charge in [0.1, 0.15) is 23.7 Å². The minimum atomic E-state index is -0.905. The first-order valence-corrected chi connectivity index (χ1v) is 13.0. The molecular weight excluding hydrogens is 474 g/mol. The molecule has 1 saturated heterocycles. The third-order valence-electron chi connectivity index (χ3n) is 6.98. The van der Waals surface area contributed by atoms with Crippen molar-refractivity contribution in [2.24, 2.45) is 5.73 Å². The van der Waals surface area contributed by atoms with Gasteiger partial charge in [-0.2, -0.15) is 0 Å². The van der Waals surface area contributed by atoms with Crippen LogP contribution in [0.4, 0.5) is 4.79 Å². The van der Waals surface area contributed by atoms with Crippen molar-refractivity contribution in [2.45, 2.75) is 96.1 Å². The number of hydrogen-bond acceptors (Lipinski definition) is 6. The van der Waals surface area contributed by atoms with Gasteiger partial charge >= 0.3 is 6.09 Å². The largest absolute Gasteiger partial charge is 0.444 e. The van der Waals surface area contributed by atoms with Crippen molar-refractivity contribution >= 4 is 23.8 Å². The van der Waals surface area contributed by atoms with Gasteiger partial charge in [-0.15, -0.1) is 0 Å². The lowest BCUT2D eigenvalue weighted by Crippen LogP contribution is -2.55. The SMILES string of the molecule is C[C@H](C(=O)N[C@H](C)C(=O)N1C[C@H](N)C[C@@H]1C(=O)N[C@H]1CCCc2ccccc21)N(C)C(=O)OC(C)(C)C. The molecule has 1 aliphatic carbocycles. The molecule has 0 aromatic heterocycles. The number of nitrogens with two attached hydrogens (primary N) is 1. The monoisotopic (exact) mass is 515 g/mol. The normalized spacial score (nSPS) is 22.9. The number of likely N-dealkylation sites (N-methyl/N-ethyl adjacent to an activating group) is 1.